The Hall–Kier alpha value is 0.210. The first-order valence-electron chi connectivity index (χ1n) is 5.07. The van der Waals surface area contributed by atoms with E-state index in [2.05, 4.69) is 19.2 Å². The van der Waals surface area contributed by atoms with Crippen molar-refractivity contribution in [2.75, 3.05) is 25.6 Å². The second kappa shape index (κ2) is 7.60. The van der Waals surface area contributed by atoms with E-state index in [1.165, 1.54) is 0 Å². The molecule has 0 radical (unpaired) electrons. The Morgan fingerprint density at radius 3 is 2.54 bits per heavy atom. The van der Waals surface area contributed by atoms with E-state index in [9.17, 15) is 0 Å². The first-order valence-corrected chi connectivity index (χ1v) is 5.60. The summed E-state index contributed by atoms with van der Waals surface area (Å²) in [5.41, 5.74) is 0.179. The van der Waals surface area contributed by atoms with Gasteiger partial charge in [0.2, 0.25) is 0 Å². The van der Waals surface area contributed by atoms with Gasteiger partial charge in [-0.25, -0.2) is 0 Å². The summed E-state index contributed by atoms with van der Waals surface area (Å²) in [6, 6.07) is 0. The van der Waals surface area contributed by atoms with Crippen molar-refractivity contribution in [3.05, 3.63) is 0 Å². The zero-order chi connectivity index (χ0) is 10.2. The summed E-state index contributed by atoms with van der Waals surface area (Å²) in [4.78, 5) is 0. The van der Waals surface area contributed by atoms with Gasteiger partial charge in [0.1, 0.15) is 0 Å². The molecule has 80 valence electrons. The summed E-state index contributed by atoms with van der Waals surface area (Å²) in [5, 5.41) is 3.47. The second-order valence-electron chi connectivity index (χ2n) is 3.48. The molecule has 0 spiro atoms. The maximum absolute atomic E-state index is 5.73. The molecule has 0 aliphatic heterocycles. The highest BCUT2D eigenvalue weighted by atomic mass is 35.5. The fourth-order valence-corrected chi connectivity index (χ4v) is 1.59. The molecule has 0 bridgehead atoms. The largest absolute Gasteiger partial charge is 0.380 e. The maximum atomic E-state index is 5.73. The smallest absolute Gasteiger partial charge is 0.0590 e. The molecular weight excluding hydrogens is 186 g/mol. The van der Waals surface area contributed by atoms with E-state index in [0.717, 1.165) is 32.6 Å². The normalized spacial score (nSPS) is 15.7. The molecule has 3 heteroatoms. The van der Waals surface area contributed by atoms with Gasteiger partial charge in [-0.2, -0.15) is 0 Å². The fourth-order valence-electron chi connectivity index (χ4n) is 1.17. The molecule has 1 atom stereocenters. The molecule has 0 amide bonds. The van der Waals surface area contributed by atoms with E-state index in [1.807, 2.05) is 6.92 Å². The highest BCUT2D eigenvalue weighted by Gasteiger charge is 2.19. The molecule has 0 heterocycles. The number of halogens is 1. The standard InChI is InChI=1S/C10H22ClNO/c1-4-10(3,6-7-11)12-8-9-13-5-2/h12H,4-9H2,1-3H3. The van der Waals surface area contributed by atoms with E-state index in [-0.39, 0.29) is 5.54 Å². The zero-order valence-electron chi connectivity index (χ0n) is 9.03. The third kappa shape index (κ3) is 6.30. The van der Waals surface area contributed by atoms with Crippen LogP contribution in [0.25, 0.3) is 0 Å². The monoisotopic (exact) mass is 207 g/mol. The highest BCUT2D eigenvalue weighted by Crippen LogP contribution is 2.14. The van der Waals surface area contributed by atoms with Gasteiger partial charge in [-0.15, -0.1) is 11.6 Å². The van der Waals surface area contributed by atoms with Gasteiger partial charge >= 0.3 is 0 Å². The summed E-state index contributed by atoms with van der Waals surface area (Å²) < 4.78 is 5.26. The van der Waals surface area contributed by atoms with Crippen molar-refractivity contribution < 1.29 is 4.74 Å². The summed E-state index contributed by atoms with van der Waals surface area (Å²) in [5.74, 6) is 0.714. The Morgan fingerprint density at radius 1 is 1.38 bits per heavy atom. The zero-order valence-corrected chi connectivity index (χ0v) is 9.78. The van der Waals surface area contributed by atoms with Crippen molar-refractivity contribution in [1.82, 2.24) is 5.32 Å². The van der Waals surface area contributed by atoms with Crippen molar-refractivity contribution in [2.45, 2.75) is 39.2 Å². The van der Waals surface area contributed by atoms with Crippen LogP contribution in [0.3, 0.4) is 0 Å². The third-order valence-electron chi connectivity index (χ3n) is 2.43. The molecule has 0 aromatic carbocycles. The number of hydrogen-bond acceptors (Lipinski definition) is 2. The first kappa shape index (κ1) is 13.2. The lowest BCUT2D eigenvalue weighted by molar-refractivity contribution is 0.140. The SMILES string of the molecule is CCOCCNC(C)(CC)CCCl. The van der Waals surface area contributed by atoms with E-state index in [1.54, 1.807) is 0 Å². The van der Waals surface area contributed by atoms with Gasteiger partial charge in [0, 0.05) is 24.6 Å². The van der Waals surface area contributed by atoms with Crippen LogP contribution in [0.2, 0.25) is 0 Å². The minimum Gasteiger partial charge on any atom is -0.380 e. The van der Waals surface area contributed by atoms with Crippen LogP contribution in [0.1, 0.15) is 33.6 Å². The van der Waals surface area contributed by atoms with E-state index < -0.39 is 0 Å². The number of hydrogen-bond donors (Lipinski definition) is 1. The number of alkyl halides is 1. The predicted octanol–water partition coefficient (Wildman–Crippen LogP) is 2.41. The lowest BCUT2D eigenvalue weighted by Crippen LogP contribution is -2.43. The van der Waals surface area contributed by atoms with Crippen LogP contribution in [-0.4, -0.2) is 31.2 Å². The van der Waals surface area contributed by atoms with Gasteiger partial charge in [-0.3, -0.25) is 0 Å². The molecule has 1 N–H and O–H groups in total. The molecule has 0 aromatic rings. The van der Waals surface area contributed by atoms with Crippen molar-refractivity contribution in [3.63, 3.8) is 0 Å². The molecule has 0 fully saturated rings. The van der Waals surface area contributed by atoms with Crippen LogP contribution >= 0.6 is 11.6 Å². The summed E-state index contributed by atoms with van der Waals surface area (Å²) in [6.45, 7) is 8.89. The predicted molar refractivity (Wildman–Crippen MR) is 58.5 cm³/mol. The van der Waals surface area contributed by atoms with Gasteiger partial charge in [-0.05, 0) is 26.7 Å². The lowest BCUT2D eigenvalue weighted by atomic mass is 9.95. The number of ether oxygens (including phenoxy) is 1. The number of nitrogens with one attached hydrogen (secondary N) is 1. The molecule has 0 aromatic heterocycles. The molecule has 0 saturated carbocycles. The lowest BCUT2D eigenvalue weighted by Gasteiger charge is -2.29. The van der Waals surface area contributed by atoms with Crippen LogP contribution in [0.4, 0.5) is 0 Å². The Bertz CT molecular complexity index is 121. The Kier molecular flexibility index (Phi) is 7.72. The van der Waals surface area contributed by atoms with Crippen LogP contribution in [-0.2, 0) is 4.74 Å². The van der Waals surface area contributed by atoms with Gasteiger partial charge < -0.3 is 10.1 Å². The molecule has 0 saturated heterocycles. The second-order valence-corrected chi connectivity index (χ2v) is 3.85. The molecule has 0 aliphatic rings. The molecule has 1 unspecified atom stereocenters. The van der Waals surface area contributed by atoms with Crippen LogP contribution in [0, 0.1) is 0 Å². The third-order valence-corrected chi connectivity index (χ3v) is 2.62. The molecule has 13 heavy (non-hydrogen) atoms. The molecular formula is C10H22ClNO. The van der Waals surface area contributed by atoms with Crippen molar-refractivity contribution in [2.24, 2.45) is 0 Å². The Balaban J connectivity index is 3.57. The minimum atomic E-state index is 0.179. The van der Waals surface area contributed by atoms with Gasteiger partial charge in [0.05, 0.1) is 6.61 Å². The topological polar surface area (TPSA) is 21.3 Å². The first-order chi connectivity index (χ1) is 6.18. The fraction of sp³-hybridized carbons (Fsp3) is 1.00. The van der Waals surface area contributed by atoms with Crippen molar-refractivity contribution in [1.29, 1.82) is 0 Å². The molecule has 0 rings (SSSR count). The van der Waals surface area contributed by atoms with Crippen LogP contribution in [0.5, 0.6) is 0 Å². The Labute approximate surface area is 87.0 Å². The van der Waals surface area contributed by atoms with Gasteiger partial charge in [0.15, 0.2) is 0 Å². The summed E-state index contributed by atoms with van der Waals surface area (Å²) in [6.07, 6.45) is 2.11. The van der Waals surface area contributed by atoms with Gasteiger partial charge in [-0.1, -0.05) is 6.92 Å². The van der Waals surface area contributed by atoms with Crippen molar-refractivity contribution in [3.8, 4) is 0 Å². The van der Waals surface area contributed by atoms with Crippen LogP contribution in [0.15, 0.2) is 0 Å². The van der Waals surface area contributed by atoms with E-state index in [4.69, 9.17) is 16.3 Å². The molecule has 2 nitrogen and oxygen atoms in total. The maximum Gasteiger partial charge on any atom is 0.0590 e. The highest BCUT2D eigenvalue weighted by molar-refractivity contribution is 6.17. The summed E-state index contributed by atoms with van der Waals surface area (Å²) in [7, 11) is 0. The van der Waals surface area contributed by atoms with Crippen LogP contribution < -0.4 is 5.32 Å². The minimum absolute atomic E-state index is 0.179. The van der Waals surface area contributed by atoms with E-state index >= 15 is 0 Å². The van der Waals surface area contributed by atoms with Gasteiger partial charge in [0.25, 0.3) is 0 Å². The quantitative estimate of drug-likeness (QED) is 0.488. The molecule has 0 aliphatic carbocycles. The van der Waals surface area contributed by atoms with E-state index in [0.29, 0.717) is 5.88 Å². The average Bonchev–Trinajstić information content (AvgIpc) is 2.13. The number of rotatable bonds is 8. The Morgan fingerprint density at radius 2 is 2.08 bits per heavy atom. The van der Waals surface area contributed by atoms with Crippen molar-refractivity contribution >= 4 is 11.6 Å². The summed E-state index contributed by atoms with van der Waals surface area (Å²) >= 11 is 5.73. The average molecular weight is 208 g/mol.